The standard InChI is InChI=1S/C14H12O2/c15-13(11-6-2-1-3-7-11)10-14(16)12-8-4-5-9-12/h1-8H,9-10H2. The molecule has 0 fully saturated rings. The lowest BCUT2D eigenvalue weighted by Gasteiger charge is -2.01. The molecule has 80 valence electrons. The van der Waals surface area contributed by atoms with Gasteiger partial charge in [-0.25, -0.2) is 0 Å². The van der Waals surface area contributed by atoms with Gasteiger partial charge in [-0.3, -0.25) is 9.59 Å². The molecule has 1 aromatic rings. The predicted octanol–water partition coefficient (Wildman–Crippen LogP) is 2.71. The molecule has 0 bridgehead atoms. The van der Waals surface area contributed by atoms with Crippen molar-refractivity contribution in [2.75, 3.05) is 0 Å². The van der Waals surface area contributed by atoms with Gasteiger partial charge < -0.3 is 0 Å². The molecule has 2 heteroatoms. The maximum absolute atomic E-state index is 11.7. The molecule has 2 rings (SSSR count). The second-order valence-corrected chi connectivity index (χ2v) is 3.71. The van der Waals surface area contributed by atoms with Crippen LogP contribution in [0.2, 0.25) is 0 Å². The first-order valence-electron chi connectivity index (χ1n) is 5.24. The summed E-state index contributed by atoms with van der Waals surface area (Å²) in [7, 11) is 0. The van der Waals surface area contributed by atoms with Crippen LogP contribution in [0.15, 0.2) is 54.1 Å². The van der Waals surface area contributed by atoms with Crippen molar-refractivity contribution in [3.63, 3.8) is 0 Å². The van der Waals surface area contributed by atoms with Gasteiger partial charge in [0.05, 0.1) is 6.42 Å². The van der Waals surface area contributed by atoms with Gasteiger partial charge in [0.15, 0.2) is 11.6 Å². The number of hydrogen-bond acceptors (Lipinski definition) is 2. The maximum Gasteiger partial charge on any atom is 0.170 e. The number of ketones is 2. The molecule has 0 heterocycles. The highest BCUT2D eigenvalue weighted by molar-refractivity contribution is 6.13. The first-order chi connectivity index (χ1) is 7.77. The van der Waals surface area contributed by atoms with Crippen LogP contribution in [-0.2, 0) is 4.79 Å². The van der Waals surface area contributed by atoms with Gasteiger partial charge in [0.1, 0.15) is 0 Å². The van der Waals surface area contributed by atoms with E-state index in [9.17, 15) is 9.59 Å². The smallest absolute Gasteiger partial charge is 0.170 e. The van der Waals surface area contributed by atoms with Gasteiger partial charge in [-0.1, -0.05) is 48.6 Å². The van der Waals surface area contributed by atoms with Crippen molar-refractivity contribution in [2.24, 2.45) is 0 Å². The van der Waals surface area contributed by atoms with Gasteiger partial charge >= 0.3 is 0 Å². The van der Waals surface area contributed by atoms with Crippen LogP contribution in [0.3, 0.4) is 0 Å². The zero-order valence-corrected chi connectivity index (χ0v) is 8.85. The third kappa shape index (κ3) is 2.34. The van der Waals surface area contributed by atoms with E-state index in [1.165, 1.54) is 0 Å². The first-order valence-corrected chi connectivity index (χ1v) is 5.24. The Morgan fingerprint density at radius 2 is 1.81 bits per heavy atom. The Hall–Kier alpha value is -1.96. The third-order valence-electron chi connectivity index (χ3n) is 2.55. The Balaban J connectivity index is 2.01. The van der Waals surface area contributed by atoms with E-state index >= 15 is 0 Å². The summed E-state index contributed by atoms with van der Waals surface area (Å²) in [6.45, 7) is 0. The van der Waals surface area contributed by atoms with Crippen molar-refractivity contribution in [2.45, 2.75) is 12.8 Å². The molecule has 0 amide bonds. The van der Waals surface area contributed by atoms with Crippen LogP contribution in [0, 0.1) is 0 Å². The first kappa shape index (κ1) is 10.6. The highest BCUT2D eigenvalue weighted by Gasteiger charge is 2.15. The SMILES string of the molecule is O=C(CC(=O)c1ccccc1)C1=CC=CC1. The lowest BCUT2D eigenvalue weighted by molar-refractivity contribution is -0.114. The molecule has 1 aliphatic carbocycles. The monoisotopic (exact) mass is 212 g/mol. The van der Waals surface area contributed by atoms with Crippen LogP contribution < -0.4 is 0 Å². The fraction of sp³-hybridized carbons (Fsp3) is 0.143. The van der Waals surface area contributed by atoms with Gasteiger partial charge in [-0.15, -0.1) is 0 Å². The Morgan fingerprint density at radius 3 is 2.44 bits per heavy atom. The summed E-state index contributed by atoms with van der Waals surface area (Å²) in [6, 6.07) is 8.91. The number of rotatable bonds is 4. The van der Waals surface area contributed by atoms with Gasteiger partial charge in [-0.2, -0.15) is 0 Å². The molecule has 1 aromatic carbocycles. The number of carbonyl (C=O) groups is 2. The molecule has 0 aromatic heterocycles. The van der Waals surface area contributed by atoms with Gasteiger partial charge in [0, 0.05) is 5.56 Å². The van der Waals surface area contributed by atoms with Gasteiger partial charge in [-0.05, 0) is 12.0 Å². The fourth-order valence-corrected chi connectivity index (χ4v) is 1.64. The molecular formula is C14H12O2. The average Bonchev–Trinajstić information content (AvgIpc) is 2.83. The zero-order chi connectivity index (χ0) is 11.4. The van der Waals surface area contributed by atoms with Crippen molar-refractivity contribution < 1.29 is 9.59 Å². The highest BCUT2D eigenvalue weighted by Crippen LogP contribution is 2.14. The Bertz CT molecular complexity index is 467. The topological polar surface area (TPSA) is 34.1 Å². The molecule has 0 atom stereocenters. The third-order valence-corrected chi connectivity index (χ3v) is 2.55. The number of carbonyl (C=O) groups excluding carboxylic acids is 2. The van der Waals surface area contributed by atoms with E-state index in [1.54, 1.807) is 30.3 Å². The molecule has 1 aliphatic rings. The molecule has 0 aliphatic heterocycles. The zero-order valence-electron chi connectivity index (χ0n) is 8.85. The van der Waals surface area contributed by atoms with E-state index in [2.05, 4.69) is 0 Å². The summed E-state index contributed by atoms with van der Waals surface area (Å²) in [6.07, 6.45) is 6.17. The molecule has 0 saturated heterocycles. The second kappa shape index (κ2) is 4.71. The molecule has 0 radical (unpaired) electrons. The van der Waals surface area contributed by atoms with Crippen LogP contribution >= 0.6 is 0 Å². The highest BCUT2D eigenvalue weighted by atomic mass is 16.1. The van der Waals surface area contributed by atoms with Crippen molar-refractivity contribution in [3.05, 3.63) is 59.7 Å². The van der Waals surface area contributed by atoms with Gasteiger partial charge in [0.25, 0.3) is 0 Å². The van der Waals surface area contributed by atoms with E-state index in [1.807, 2.05) is 18.2 Å². The molecule has 2 nitrogen and oxygen atoms in total. The van der Waals surface area contributed by atoms with E-state index in [0.29, 0.717) is 12.0 Å². The Labute approximate surface area is 94.3 Å². The predicted molar refractivity (Wildman–Crippen MR) is 62.2 cm³/mol. The van der Waals surface area contributed by atoms with E-state index < -0.39 is 0 Å². The minimum atomic E-state index is -0.113. The molecule has 0 N–H and O–H groups in total. The summed E-state index contributed by atoms with van der Waals surface area (Å²) in [5, 5.41) is 0. The maximum atomic E-state index is 11.7. The molecular weight excluding hydrogens is 200 g/mol. The van der Waals surface area contributed by atoms with Crippen molar-refractivity contribution in [3.8, 4) is 0 Å². The molecule has 16 heavy (non-hydrogen) atoms. The number of benzene rings is 1. The summed E-state index contributed by atoms with van der Waals surface area (Å²) >= 11 is 0. The van der Waals surface area contributed by atoms with Crippen LogP contribution in [0.1, 0.15) is 23.2 Å². The van der Waals surface area contributed by atoms with E-state index in [4.69, 9.17) is 0 Å². The second-order valence-electron chi connectivity index (χ2n) is 3.71. The van der Waals surface area contributed by atoms with Crippen molar-refractivity contribution in [1.29, 1.82) is 0 Å². The lowest BCUT2D eigenvalue weighted by atomic mass is 10.0. The summed E-state index contributed by atoms with van der Waals surface area (Å²) in [4.78, 5) is 23.4. The quantitative estimate of drug-likeness (QED) is 0.568. The fourth-order valence-electron chi connectivity index (χ4n) is 1.64. The van der Waals surface area contributed by atoms with Crippen LogP contribution in [0.5, 0.6) is 0 Å². The minimum Gasteiger partial charge on any atom is -0.294 e. The Kier molecular flexibility index (Phi) is 3.10. The van der Waals surface area contributed by atoms with E-state index in [-0.39, 0.29) is 18.0 Å². The summed E-state index contributed by atoms with van der Waals surface area (Å²) < 4.78 is 0. The van der Waals surface area contributed by atoms with Crippen molar-refractivity contribution in [1.82, 2.24) is 0 Å². The number of allylic oxidation sites excluding steroid dienone is 4. The van der Waals surface area contributed by atoms with Gasteiger partial charge in [0.2, 0.25) is 0 Å². The Morgan fingerprint density at radius 1 is 1.06 bits per heavy atom. The molecule has 0 saturated carbocycles. The lowest BCUT2D eigenvalue weighted by Crippen LogP contribution is -2.09. The van der Waals surface area contributed by atoms with E-state index in [0.717, 1.165) is 5.57 Å². The average molecular weight is 212 g/mol. The molecule has 0 unspecified atom stereocenters. The molecule has 0 spiro atoms. The summed E-state index contributed by atoms with van der Waals surface area (Å²) in [5.41, 5.74) is 1.33. The minimum absolute atomic E-state index is 0.0302. The largest absolute Gasteiger partial charge is 0.294 e. The number of Topliss-reactive ketones (excluding diaryl/α,β-unsaturated/α-hetero) is 2. The van der Waals surface area contributed by atoms with Crippen LogP contribution in [0.25, 0.3) is 0 Å². The normalized spacial score (nSPS) is 13.6. The number of hydrogen-bond donors (Lipinski definition) is 0. The summed E-state index contributed by atoms with van der Waals surface area (Å²) in [5.74, 6) is -0.183. The van der Waals surface area contributed by atoms with Crippen molar-refractivity contribution >= 4 is 11.6 Å². The van der Waals surface area contributed by atoms with Crippen LogP contribution in [0.4, 0.5) is 0 Å². The van der Waals surface area contributed by atoms with Crippen LogP contribution in [-0.4, -0.2) is 11.6 Å².